The largest absolute Gasteiger partial charge is 0.315 e. The van der Waals surface area contributed by atoms with Crippen LogP contribution in [0, 0.1) is 5.82 Å². The van der Waals surface area contributed by atoms with Gasteiger partial charge >= 0.3 is 0 Å². The van der Waals surface area contributed by atoms with Crippen molar-refractivity contribution in [1.82, 2.24) is 14.8 Å². The van der Waals surface area contributed by atoms with Gasteiger partial charge in [0.2, 0.25) is 0 Å². The SMILES string of the molecule is CCn1cc(C(=O)Nc2ccc(Cc3ccc(F)cc3)nn2)ccc1=O. The molecule has 7 heteroatoms. The fourth-order valence-electron chi connectivity index (χ4n) is 2.43. The first-order valence-corrected chi connectivity index (χ1v) is 8.14. The molecule has 132 valence electrons. The number of nitrogens with one attached hydrogen (secondary N) is 1. The molecule has 1 N–H and O–H groups in total. The minimum atomic E-state index is -0.368. The standard InChI is InChI=1S/C19H17FN4O2/c1-2-24-12-14(5-10-18(24)25)19(26)21-17-9-8-16(22-23-17)11-13-3-6-15(20)7-4-13/h3-10,12H,2,11H2,1H3,(H,21,23,26). The van der Waals surface area contributed by atoms with Crippen LogP contribution < -0.4 is 10.9 Å². The molecular weight excluding hydrogens is 335 g/mol. The monoisotopic (exact) mass is 352 g/mol. The third kappa shape index (κ3) is 4.18. The Morgan fingerprint density at radius 1 is 1.08 bits per heavy atom. The molecule has 26 heavy (non-hydrogen) atoms. The topological polar surface area (TPSA) is 76.9 Å². The lowest BCUT2D eigenvalue weighted by Crippen LogP contribution is -2.21. The van der Waals surface area contributed by atoms with Crippen LogP contribution in [-0.2, 0) is 13.0 Å². The van der Waals surface area contributed by atoms with Gasteiger partial charge in [-0.1, -0.05) is 12.1 Å². The summed E-state index contributed by atoms with van der Waals surface area (Å²) >= 11 is 0. The average Bonchev–Trinajstić information content (AvgIpc) is 2.65. The van der Waals surface area contributed by atoms with Crippen LogP contribution in [0.25, 0.3) is 0 Å². The molecule has 0 bridgehead atoms. The molecule has 0 aliphatic rings. The maximum atomic E-state index is 12.9. The van der Waals surface area contributed by atoms with Crippen LogP contribution in [0.1, 0.15) is 28.5 Å². The van der Waals surface area contributed by atoms with E-state index in [1.807, 2.05) is 6.92 Å². The second-order valence-corrected chi connectivity index (χ2v) is 5.71. The predicted octanol–water partition coefficient (Wildman–Crippen LogP) is 2.64. The molecule has 0 radical (unpaired) electrons. The quantitative estimate of drug-likeness (QED) is 0.766. The number of aromatic nitrogens is 3. The maximum Gasteiger partial charge on any atom is 0.258 e. The molecule has 0 fully saturated rings. The Morgan fingerprint density at radius 3 is 2.50 bits per heavy atom. The molecule has 0 atom stereocenters. The number of rotatable bonds is 5. The molecule has 2 heterocycles. The molecule has 6 nitrogen and oxygen atoms in total. The molecule has 2 aromatic heterocycles. The number of halogens is 1. The highest BCUT2D eigenvalue weighted by molar-refractivity contribution is 6.03. The molecular formula is C19H17FN4O2. The number of amides is 1. The van der Waals surface area contributed by atoms with E-state index in [0.29, 0.717) is 30.0 Å². The Morgan fingerprint density at radius 2 is 1.85 bits per heavy atom. The summed E-state index contributed by atoms with van der Waals surface area (Å²) < 4.78 is 14.4. The van der Waals surface area contributed by atoms with Gasteiger partial charge in [0.15, 0.2) is 5.82 Å². The first-order valence-electron chi connectivity index (χ1n) is 8.14. The number of aryl methyl sites for hydroxylation is 1. The van der Waals surface area contributed by atoms with E-state index in [2.05, 4.69) is 15.5 Å². The van der Waals surface area contributed by atoms with Gasteiger partial charge in [0, 0.05) is 25.2 Å². The summed E-state index contributed by atoms with van der Waals surface area (Å²) in [6, 6.07) is 12.4. The van der Waals surface area contributed by atoms with Crippen molar-refractivity contribution in [2.24, 2.45) is 0 Å². The van der Waals surface area contributed by atoms with Gasteiger partial charge in [0.25, 0.3) is 11.5 Å². The molecule has 0 spiro atoms. The van der Waals surface area contributed by atoms with Crippen molar-refractivity contribution in [3.63, 3.8) is 0 Å². The molecule has 3 aromatic rings. The number of hydrogen-bond donors (Lipinski definition) is 1. The Labute approximate surface area is 149 Å². The summed E-state index contributed by atoms with van der Waals surface area (Å²) in [6.45, 7) is 2.31. The normalized spacial score (nSPS) is 10.5. The number of anilines is 1. The number of carbonyl (C=O) groups excluding carboxylic acids is 1. The minimum absolute atomic E-state index is 0.158. The van der Waals surface area contributed by atoms with E-state index in [1.54, 1.807) is 24.3 Å². The zero-order chi connectivity index (χ0) is 18.5. The molecule has 1 amide bonds. The zero-order valence-electron chi connectivity index (χ0n) is 14.1. The summed E-state index contributed by atoms with van der Waals surface area (Å²) in [6.07, 6.45) is 2.02. The summed E-state index contributed by atoms with van der Waals surface area (Å²) in [5.74, 6) is -0.341. The van der Waals surface area contributed by atoms with E-state index in [4.69, 9.17) is 0 Å². The van der Waals surface area contributed by atoms with Crippen molar-refractivity contribution < 1.29 is 9.18 Å². The van der Waals surface area contributed by atoms with Crippen molar-refractivity contribution in [2.75, 3.05) is 5.32 Å². The van der Waals surface area contributed by atoms with Gasteiger partial charge in [-0.15, -0.1) is 5.10 Å². The number of hydrogen-bond acceptors (Lipinski definition) is 4. The van der Waals surface area contributed by atoms with Gasteiger partial charge in [-0.2, -0.15) is 5.10 Å². The van der Waals surface area contributed by atoms with Crippen molar-refractivity contribution in [3.05, 3.63) is 87.7 Å². The van der Waals surface area contributed by atoms with Crippen LogP contribution >= 0.6 is 0 Å². The lowest BCUT2D eigenvalue weighted by molar-refractivity contribution is 0.102. The van der Waals surface area contributed by atoms with Crippen molar-refractivity contribution in [2.45, 2.75) is 19.9 Å². The molecule has 3 rings (SSSR count). The number of benzene rings is 1. The zero-order valence-corrected chi connectivity index (χ0v) is 14.1. The van der Waals surface area contributed by atoms with Gasteiger partial charge in [-0.05, 0) is 42.8 Å². The molecule has 0 unspecified atom stereocenters. The van der Waals surface area contributed by atoms with E-state index in [1.165, 1.54) is 35.0 Å². The third-order valence-electron chi connectivity index (χ3n) is 3.85. The third-order valence-corrected chi connectivity index (χ3v) is 3.85. The molecule has 0 aliphatic carbocycles. The lowest BCUT2D eigenvalue weighted by atomic mass is 10.1. The van der Waals surface area contributed by atoms with Crippen LogP contribution in [0.5, 0.6) is 0 Å². The summed E-state index contributed by atoms with van der Waals surface area (Å²) in [5.41, 5.74) is 1.83. The fourth-order valence-corrected chi connectivity index (χ4v) is 2.43. The van der Waals surface area contributed by atoms with E-state index in [-0.39, 0.29) is 17.3 Å². The van der Waals surface area contributed by atoms with E-state index in [9.17, 15) is 14.0 Å². The van der Waals surface area contributed by atoms with Crippen molar-refractivity contribution in [3.8, 4) is 0 Å². The van der Waals surface area contributed by atoms with Crippen LogP contribution in [0.2, 0.25) is 0 Å². The van der Waals surface area contributed by atoms with Gasteiger partial charge < -0.3 is 9.88 Å². The Hall–Kier alpha value is -3.35. The molecule has 0 saturated carbocycles. The first-order chi connectivity index (χ1) is 12.5. The summed E-state index contributed by atoms with van der Waals surface area (Å²) in [7, 11) is 0. The first kappa shape index (κ1) is 17.5. The van der Waals surface area contributed by atoms with E-state index in [0.717, 1.165) is 5.56 Å². The highest BCUT2D eigenvalue weighted by Crippen LogP contribution is 2.10. The van der Waals surface area contributed by atoms with Crippen LogP contribution in [-0.4, -0.2) is 20.7 Å². The molecule has 0 aliphatic heterocycles. The number of nitrogens with zero attached hydrogens (tertiary/aromatic N) is 3. The maximum absolute atomic E-state index is 12.9. The number of carbonyl (C=O) groups is 1. The van der Waals surface area contributed by atoms with Gasteiger partial charge in [0.1, 0.15) is 5.82 Å². The second-order valence-electron chi connectivity index (χ2n) is 5.71. The van der Waals surface area contributed by atoms with Crippen LogP contribution in [0.15, 0.2) is 59.5 Å². The van der Waals surface area contributed by atoms with Gasteiger partial charge in [-0.25, -0.2) is 4.39 Å². The summed E-state index contributed by atoms with van der Waals surface area (Å²) in [5, 5.41) is 10.7. The summed E-state index contributed by atoms with van der Waals surface area (Å²) in [4.78, 5) is 23.8. The van der Waals surface area contributed by atoms with E-state index >= 15 is 0 Å². The Balaban J connectivity index is 1.68. The number of pyridine rings is 1. The van der Waals surface area contributed by atoms with Crippen molar-refractivity contribution in [1.29, 1.82) is 0 Å². The molecule has 1 aromatic carbocycles. The van der Waals surface area contributed by atoms with Crippen LogP contribution in [0.3, 0.4) is 0 Å². The minimum Gasteiger partial charge on any atom is -0.315 e. The Bertz CT molecular complexity index is 966. The highest BCUT2D eigenvalue weighted by atomic mass is 19.1. The molecule has 0 saturated heterocycles. The second kappa shape index (κ2) is 7.69. The smallest absolute Gasteiger partial charge is 0.258 e. The predicted molar refractivity (Wildman–Crippen MR) is 95.6 cm³/mol. The Kier molecular flexibility index (Phi) is 5.17. The van der Waals surface area contributed by atoms with Crippen LogP contribution in [0.4, 0.5) is 10.2 Å². The lowest BCUT2D eigenvalue weighted by Gasteiger charge is -2.07. The van der Waals surface area contributed by atoms with Gasteiger partial charge in [-0.3, -0.25) is 9.59 Å². The van der Waals surface area contributed by atoms with Crippen molar-refractivity contribution >= 4 is 11.7 Å². The van der Waals surface area contributed by atoms with Gasteiger partial charge in [0.05, 0.1) is 11.3 Å². The highest BCUT2D eigenvalue weighted by Gasteiger charge is 2.09. The fraction of sp³-hybridized carbons (Fsp3) is 0.158. The average molecular weight is 352 g/mol. The van der Waals surface area contributed by atoms with E-state index < -0.39 is 0 Å².